The van der Waals surface area contributed by atoms with Gasteiger partial charge >= 0.3 is 5.97 Å². The number of aryl methyl sites for hydroxylation is 2. The molecule has 0 aliphatic carbocycles. The Morgan fingerprint density at radius 1 is 0.857 bits per heavy atom. The van der Waals surface area contributed by atoms with Crippen molar-refractivity contribution in [1.82, 2.24) is 0 Å². The maximum absolute atomic E-state index is 13.5. The molecule has 1 unspecified atom stereocenters. The van der Waals surface area contributed by atoms with E-state index in [9.17, 15) is 19.5 Å². The Bertz CT molecular complexity index is 1660. The van der Waals surface area contributed by atoms with Crippen molar-refractivity contribution in [3.63, 3.8) is 0 Å². The minimum atomic E-state index is -0.880. The highest BCUT2D eigenvalue weighted by molar-refractivity contribution is 6.51. The van der Waals surface area contributed by atoms with Crippen LogP contribution in [0.4, 0.5) is 5.69 Å². The lowest BCUT2D eigenvalue weighted by molar-refractivity contribution is -0.132. The monoisotopic (exact) mass is 561 g/mol. The van der Waals surface area contributed by atoms with E-state index in [2.05, 4.69) is 0 Å². The minimum absolute atomic E-state index is 0.0151. The molecule has 1 aliphatic heterocycles. The molecular weight excluding hydrogens is 530 g/mol. The quantitative estimate of drug-likeness (QED) is 0.114. The lowest BCUT2D eigenvalue weighted by atomic mass is 9.93. The number of carbonyl (C=O) groups excluding carboxylic acids is 3. The molecule has 7 nitrogen and oxygen atoms in total. The van der Waals surface area contributed by atoms with E-state index in [0.29, 0.717) is 34.7 Å². The van der Waals surface area contributed by atoms with Crippen LogP contribution in [0.25, 0.3) is 5.76 Å². The van der Waals surface area contributed by atoms with Crippen molar-refractivity contribution in [2.75, 3.05) is 12.0 Å². The average Bonchev–Trinajstić information content (AvgIpc) is 3.29. The summed E-state index contributed by atoms with van der Waals surface area (Å²) < 4.78 is 10.8. The number of carbonyl (C=O) groups is 3. The first-order chi connectivity index (χ1) is 20.3. The number of aliphatic hydroxyl groups is 1. The van der Waals surface area contributed by atoms with Gasteiger partial charge in [-0.15, -0.1) is 0 Å². The molecule has 1 aliphatic rings. The third-order valence-corrected chi connectivity index (χ3v) is 7.40. The first-order valence-electron chi connectivity index (χ1n) is 13.7. The first kappa shape index (κ1) is 28.4. The summed E-state index contributed by atoms with van der Waals surface area (Å²) in [5.74, 6) is -1.71. The SMILES string of the molecule is CCc1ccc(C2/C(=C(/O)c3ccc(OCc4ccccc4)c(C)c3)C(=O)C(=O)N2c2ccc(C(=O)OC)cc2)cc1. The molecule has 0 aromatic heterocycles. The van der Waals surface area contributed by atoms with Gasteiger partial charge in [0.05, 0.1) is 24.3 Å². The first-order valence-corrected chi connectivity index (χ1v) is 13.7. The third-order valence-electron chi connectivity index (χ3n) is 7.40. The van der Waals surface area contributed by atoms with Crippen LogP contribution < -0.4 is 9.64 Å². The molecule has 1 heterocycles. The molecule has 5 rings (SSSR count). The number of ketones is 1. The lowest BCUT2D eigenvalue weighted by Crippen LogP contribution is -2.29. The number of Topliss-reactive ketones (excluding diaryl/α,β-unsaturated/α-hetero) is 1. The van der Waals surface area contributed by atoms with Crippen LogP contribution in [0, 0.1) is 6.92 Å². The van der Waals surface area contributed by atoms with Gasteiger partial charge in [-0.05, 0) is 78.1 Å². The van der Waals surface area contributed by atoms with E-state index in [1.54, 1.807) is 30.3 Å². The highest BCUT2D eigenvalue weighted by Gasteiger charge is 2.47. The Morgan fingerprint density at radius 3 is 2.14 bits per heavy atom. The summed E-state index contributed by atoms with van der Waals surface area (Å²) in [6.45, 7) is 4.29. The number of amides is 1. The largest absolute Gasteiger partial charge is 0.507 e. The van der Waals surface area contributed by atoms with Crippen molar-refractivity contribution in [2.24, 2.45) is 0 Å². The third kappa shape index (κ3) is 5.54. The van der Waals surface area contributed by atoms with E-state index in [4.69, 9.17) is 9.47 Å². The zero-order valence-electron chi connectivity index (χ0n) is 23.7. The van der Waals surface area contributed by atoms with E-state index in [1.165, 1.54) is 24.1 Å². The topological polar surface area (TPSA) is 93.1 Å². The van der Waals surface area contributed by atoms with Crippen molar-refractivity contribution < 1.29 is 29.0 Å². The highest BCUT2D eigenvalue weighted by Crippen LogP contribution is 2.42. The van der Waals surface area contributed by atoms with Crippen molar-refractivity contribution in [3.8, 4) is 5.75 Å². The number of methoxy groups -OCH3 is 1. The van der Waals surface area contributed by atoms with Crippen LogP contribution in [0.2, 0.25) is 0 Å². The number of ether oxygens (including phenoxy) is 2. The van der Waals surface area contributed by atoms with Crippen molar-refractivity contribution >= 4 is 29.1 Å². The summed E-state index contributed by atoms with van der Waals surface area (Å²) in [6, 6.07) is 28.0. The molecule has 42 heavy (non-hydrogen) atoms. The summed E-state index contributed by atoms with van der Waals surface area (Å²) in [5, 5.41) is 11.6. The predicted octanol–water partition coefficient (Wildman–Crippen LogP) is 6.55. The Labute approximate surface area is 244 Å². The summed E-state index contributed by atoms with van der Waals surface area (Å²) in [7, 11) is 1.29. The fraction of sp³-hybridized carbons (Fsp3) is 0.171. The van der Waals surface area contributed by atoms with Crippen molar-refractivity contribution in [3.05, 3.63) is 136 Å². The molecule has 0 saturated carbocycles. The second-order valence-corrected chi connectivity index (χ2v) is 10.1. The van der Waals surface area contributed by atoms with Crippen LogP contribution >= 0.6 is 0 Å². The van der Waals surface area contributed by atoms with Crippen LogP contribution in [0.15, 0.2) is 103 Å². The predicted molar refractivity (Wildman–Crippen MR) is 160 cm³/mol. The Balaban J connectivity index is 1.55. The van der Waals surface area contributed by atoms with Crippen LogP contribution in [-0.2, 0) is 27.4 Å². The molecule has 4 aromatic rings. The molecule has 1 atom stereocenters. The molecular formula is C35H31NO6. The summed E-state index contributed by atoms with van der Waals surface area (Å²) in [5.41, 5.74) is 4.67. The highest BCUT2D eigenvalue weighted by atomic mass is 16.5. The molecule has 1 fully saturated rings. The average molecular weight is 562 g/mol. The summed E-state index contributed by atoms with van der Waals surface area (Å²) >= 11 is 0. The molecule has 4 aromatic carbocycles. The summed E-state index contributed by atoms with van der Waals surface area (Å²) in [6.07, 6.45) is 0.827. The molecule has 1 saturated heterocycles. The van der Waals surface area contributed by atoms with E-state index in [0.717, 1.165) is 23.1 Å². The van der Waals surface area contributed by atoms with Gasteiger partial charge < -0.3 is 14.6 Å². The van der Waals surface area contributed by atoms with Crippen LogP contribution in [0.1, 0.15) is 51.1 Å². The number of hydrogen-bond donors (Lipinski definition) is 1. The fourth-order valence-corrected chi connectivity index (χ4v) is 5.08. The van der Waals surface area contributed by atoms with Gasteiger partial charge in [-0.1, -0.05) is 61.5 Å². The number of anilines is 1. The molecule has 212 valence electrons. The number of rotatable bonds is 8. The molecule has 7 heteroatoms. The van der Waals surface area contributed by atoms with Gasteiger partial charge in [-0.2, -0.15) is 0 Å². The lowest BCUT2D eigenvalue weighted by Gasteiger charge is -2.26. The normalized spacial score (nSPS) is 16.0. The smallest absolute Gasteiger partial charge is 0.337 e. The van der Waals surface area contributed by atoms with Gasteiger partial charge in [0.1, 0.15) is 18.1 Å². The minimum Gasteiger partial charge on any atom is -0.507 e. The van der Waals surface area contributed by atoms with E-state index >= 15 is 0 Å². The maximum atomic E-state index is 13.5. The van der Waals surface area contributed by atoms with Gasteiger partial charge in [0.25, 0.3) is 11.7 Å². The number of hydrogen-bond acceptors (Lipinski definition) is 6. The zero-order valence-corrected chi connectivity index (χ0v) is 23.7. The van der Waals surface area contributed by atoms with Crippen LogP contribution in [-0.4, -0.2) is 29.9 Å². The zero-order chi connectivity index (χ0) is 29.8. The maximum Gasteiger partial charge on any atom is 0.337 e. The van der Waals surface area contributed by atoms with Gasteiger partial charge in [-0.25, -0.2) is 4.79 Å². The number of aliphatic hydroxyl groups excluding tert-OH is 1. The molecule has 0 radical (unpaired) electrons. The van der Waals surface area contributed by atoms with Crippen molar-refractivity contribution in [2.45, 2.75) is 32.9 Å². The van der Waals surface area contributed by atoms with Gasteiger partial charge in [0, 0.05) is 11.3 Å². The van der Waals surface area contributed by atoms with Crippen LogP contribution in [0.5, 0.6) is 5.75 Å². The molecule has 1 amide bonds. The van der Waals surface area contributed by atoms with Crippen LogP contribution in [0.3, 0.4) is 0 Å². The Kier molecular flexibility index (Phi) is 8.20. The van der Waals surface area contributed by atoms with E-state index in [-0.39, 0.29) is 11.3 Å². The number of nitrogens with zero attached hydrogens (tertiary/aromatic N) is 1. The second kappa shape index (κ2) is 12.1. The summed E-state index contributed by atoms with van der Waals surface area (Å²) in [4.78, 5) is 40.4. The Hall–Kier alpha value is -5.17. The fourth-order valence-electron chi connectivity index (χ4n) is 5.08. The van der Waals surface area contributed by atoms with Gasteiger partial charge in [0.15, 0.2) is 0 Å². The second-order valence-electron chi connectivity index (χ2n) is 10.1. The van der Waals surface area contributed by atoms with Gasteiger partial charge in [-0.3, -0.25) is 14.5 Å². The van der Waals surface area contributed by atoms with E-state index < -0.39 is 23.7 Å². The molecule has 1 N–H and O–H groups in total. The van der Waals surface area contributed by atoms with Crippen molar-refractivity contribution in [1.29, 1.82) is 0 Å². The molecule has 0 bridgehead atoms. The standard InChI is InChI=1S/C35H31NO6/c1-4-23-10-12-25(13-11-23)31-30(33(38)34(39)36(31)28-17-14-26(15-18-28)35(40)41-3)32(37)27-16-19-29(22(2)20-27)42-21-24-8-6-5-7-9-24/h5-20,31,37H,4,21H2,1-3H3/b32-30-. The van der Waals surface area contributed by atoms with Gasteiger partial charge in [0.2, 0.25) is 0 Å². The van der Waals surface area contributed by atoms with E-state index in [1.807, 2.05) is 68.4 Å². The Morgan fingerprint density at radius 2 is 1.52 bits per heavy atom. The molecule has 0 spiro atoms. The number of benzene rings is 4. The number of esters is 1.